The molecule has 1 aliphatic heterocycles. The molecule has 8 nitrogen and oxygen atoms in total. The van der Waals surface area contributed by atoms with Gasteiger partial charge in [-0.3, -0.25) is 4.79 Å². The predicted octanol–water partition coefficient (Wildman–Crippen LogP) is 4.57. The van der Waals surface area contributed by atoms with Crippen molar-refractivity contribution in [3.8, 4) is 17.0 Å². The molecule has 1 aliphatic rings. The van der Waals surface area contributed by atoms with E-state index in [0.29, 0.717) is 59.5 Å². The molecule has 4 aromatic rings. The molecule has 0 bridgehead atoms. The minimum Gasteiger partial charge on any atom is -0.478 e. The van der Waals surface area contributed by atoms with E-state index in [1.165, 1.54) is 12.1 Å². The Morgan fingerprint density at radius 3 is 2.30 bits per heavy atom. The number of pyridine rings is 1. The van der Waals surface area contributed by atoms with E-state index in [-0.39, 0.29) is 17.7 Å². The van der Waals surface area contributed by atoms with E-state index >= 15 is 0 Å². The maximum Gasteiger partial charge on any atom is 0.266 e. The molecule has 37 heavy (non-hydrogen) atoms. The minimum absolute atomic E-state index is 0.106. The van der Waals surface area contributed by atoms with Crippen LogP contribution in [0.3, 0.4) is 0 Å². The fraction of sp³-hybridized carbons (Fsp3) is 0.259. The largest absolute Gasteiger partial charge is 0.478 e. The predicted molar refractivity (Wildman–Crippen MR) is 142 cm³/mol. The lowest BCUT2D eigenvalue weighted by Gasteiger charge is -2.39. The highest BCUT2D eigenvalue weighted by molar-refractivity contribution is 6.30. The zero-order chi connectivity index (χ0) is 26.2. The number of hydrogen-bond donors (Lipinski definition) is 1. The SMILES string of the molecule is CC(C)(Oc1ccc(Cl)cc1)C(=O)N1CCN(c2nc(N)nc3ccc(-c4ccc(F)cc4)nc23)CC1. The minimum atomic E-state index is -1.05. The van der Waals surface area contributed by atoms with Crippen LogP contribution in [0, 0.1) is 5.82 Å². The summed E-state index contributed by atoms with van der Waals surface area (Å²) < 4.78 is 19.4. The van der Waals surface area contributed by atoms with Crippen LogP contribution in [0.4, 0.5) is 16.2 Å². The summed E-state index contributed by atoms with van der Waals surface area (Å²) in [5, 5.41) is 0.602. The van der Waals surface area contributed by atoms with Crippen LogP contribution in [0.25, 0.3) is 22.3 Å². The number of nitrogen functional groups attached to an aromatic ring is 1. The molecule has 2 aromatic carbocycles. The molecule has 0 aliphatic carbocycles. The number of benzene rings is 2. The van der Waals surface area contributed by atoms with Gasteiger partial charge < -0.3 is 20.3 Å². The number of amides is 1. The van der Waals surface area contributed by atoms with Crippen LogP contribution >= 0.6 is 11.6 Å². The number of carbonyl (C=O) groups excluding carboxylic acids is 1. The van der Waals surface area contributed by atoms with E-state index in [1.807, 2.05) is 12.1 Å². The summed E-state index contributed by atoms with van der Waals surface area (Å²) >= 11 is 5.95. The van der Waals surface area contributed by atoms with Crippen molar-refractivity contribution in [1.82, 2.24) is 19.9 Å². The zero-order valence-electron chi connectivity index (χ0n) is 20.5. The van der Waals surface area contributed by atoms with Crippen molar-refractivity contribution in [1.29, 1.82) is 0 Å². The molecule has 1 fully saturated rings. The van der Waals surface area contributed by atoms with Crippen LogP contribution in [0.1, 0.15) is 13.8 Å². The van der Waals surface area contributed by atoms with E-state index in [1.54, 1.807) is 55.1 Å². The van der Waals surface area contributed by atoms with Crippen molar-refractivity contribution in [3.63, 3.8) is 0 Å². The Kier molecular flexibility index (Phi) is 6.55. The summed E-state index contributed by atoms with van der Waals surface area (Å²) in [6, 6.07) is 16.8. The Balaban J connectivity index is 1.34. The van der Waals surface area contributed by atoms with Gasteiger partial charge in [0.15, 0.2) is 11.4 Å². The molecule has 0 radical (unpaired) electrons. The molecule has 0 atom stereocenters. The van der Waals surface area contributed by atoms with E-state index in [9.17, 15) is 9.18 Å². The summed E-state index contributed by atoms with van der Waals surface area (Å²) in [6.45, 7) is 5.56. The third-order valence-electron chi connectivity index (χ3n) is 6.25. The lowest BCUT2D eigenvalue weighted by Crippen LogP contribution is -2.56. The van der Waals surface area contributed by atoms with Gasteiger partial charge in [-0.25, -0.2) is 14.4 Å². The molecule has 2 aromatic heterocycles. The van der Waals surface area contributed by atoms with Gasteiger partial charge in [0.2, 0.25) is 5.95 Å². The van der Waals surface area contributed by atoms with Gasteiger partial charge in [0.05, 0.1) is 11.2 Å². The van der Waals surface area contributed by atoms with Gasteiger partial charge in [-0.1, -0.05) is 11.6 Å². The highest BCUT2D eigenvalue weighted by Crippen LogP contribution is 2.28. The number of aromatic nitrogens is 3. The summed E-state index contributed by atoms with van der Waals surface area (Å²) in [5.41, 5.74) is 7.63. The molecule has 5 rings (SSSR count). The molecule has 0 spiro atoms. The average molecular weight is 521 g/mol. The van der Waals surface area contributed by atoms with E-state index in [0.717, 1.165) is 5.56 Å². The topological polar surface area (TPSA) is 97.5 Å². The van der Waals surface area contributed by atoms with E-state index in [2.05, 4.69) is 14.9 Å². The molecular formula is C27H26ClFN6O2. The lowest BCUT2D eigenvalue weighted by molar-refractivity contribution is -0.145. The summed E-state index contributed by atoms with van der Waals surface area (Å²) in [7, 11) is 0. The number of halogens is 2. The molecule has 0 unspecified atom stereocenters. The quantitative estimate of drug-likeness (QED) is 0.411. The Morgan fingerprint density at radius 1 is 0.946 bits per heavy atom. The van der Waals surface area contributed by atoms with Crippen molar-refractivity contribution in [2.75, 3.05) is 36.8 Å². The Morgan fingerprint density at radius 2 is 1.62 bits per heavy atom. The summed E-state index contributed by atoms with van der Waals surface area (Å²) in [4.78, 5) is 30.7. The van der Waals surface area contributed by atoms with Crippen molar-refractivity contribution >= 4 is 40.3 Å². The van der Waals surface area contributed by atoms with Crippen LogP contribution in [0.2, 0.25) is 5.02 Å². The highest BCUT2D eigenvalue weighted by Gasteiger charge is 2.36. The first-order valence-corrected chi connectivity index (χ1v) is 12.3. The number of fused-ring (bicyclic) bond motifs is 1. The Hall–Kier alpha value is -3.98. The van der Waals surface area contributed by atoms with Crippen LogP contribution in [-0.2, 0) is 4.79 Å². The molecule has 10 heteroatoms. The van der Waals surface area contributed by atoms with Gasteiger partial charge in [0.25, 0.3) is 5.91 Å². The highest BCUT2D eigenvalue weighted by atomic mass is 35.5. The third-order valence-corrected chi connectivity index (χ3v) is 6.50. The number of rotatable bonds is 5. The smallest absolute Gasteiger partial charge is 0.266 e. The first-order valence-electron chi connectivity index (χ1n) is 11.9. The van der Waals surface area contributed by atoms with Gasteiger partial charge in [-0.15, -0.1) is 0 Å². The number of ether oxygens (including phenoxy) is 1. The number of nitrogens with zero attached hydrogens (tertiary/aromatic N) is 5. The fourth-order valence-corrected chi connectivity index (χ4v) is 4.49. The Bertz CT molecular complexity index is 1440. The molecule has 1 amide bonds. The van der Waals surface area contributed by atoms with Gasteiger partial charge in [-0.2, -0.15) is 4.98 Å². The van der Waals surface area contributed by atoms with Gasteiger partial charge in [0, 0.05) is 36.8 Å². The first kappa shape index (κ1) is 24.7. The van der Waals surface area contributed by atoms with Gasteiger partial charge in [0.1, 0.15) is 17.1 Å². The van der Waals surface area contributed by atoms with Crippen LogP contribution in [0.15, 0.2) is 60.7 Å². The maximum absolute atomic E-state index is 13.4. The molecular weight excluding hydrogens is 495 g/mol. The second-order valence-electron chi connectivity index (χ2n) is 9.32. The van der Waals surface area contributed by atoms with Crippen molar-refractivity contribution in [3.05, 3.63) is 71.5 Å². The van der Waals surface area contributed by atoms with Gasteiger partial charge in [-0.05, 0) is 74.5 Å². The van der Waals surface area contributed by atoms with Crippen LogP contribution in [0.5, 0.6) is 5.75 Å². The number of hydrogen-bond acceptors (Lipinski definition) is 7. The third kappa shape index (κ3) is 5.27. The molecule has 3 heterocycles. The van der Waals surface area contributed by atoms with Crippen LogP contribution < -0.4 is 15.4 Å². The normalized spacial score (nSPS) is 14.2. The zero-order valence-corrected chi connectivity index (χ0v) is 21.2. The second-order valence-corrected chi connectivity index (χ2v) is 9.76. The van der Waals surface area contributed by atoms with Crippen LogP contribution in [-0.4, -0.2) is 57.5 Å². The molecule has 2 N–H and O–H groups in total. The number of carbonyl (C=O) groups is 1. The number of anilines is 2. The maximum atomic E-state index is 13.4. The molecule has 1 saturated heterocycles. The average Bonchev–Trinajstić information content (AvgIpc) is 2.89. The second kappa shape index (κ2) is 9.82. The van der Waals surface area contributed by atoms with Crippen molar-refractivity contribution < 1.29 is 13.9 Å². The molecule has 0 saturated carbocycles. The van der Waals surface area contributed by atoms with Crippen molar-refractivity contribution in [2.45, 2.75) is 19.4 Å². The summed E-state index contributed by atoms with van der Waals surface area (Å²) in [5.74, 6) is 0.916. The van der Waals surface area contributed by atoms with E-state index in [4.69, 9.17) is 27.1 Å². The summed E-state index contributed by atoms with van der Waals surface area (Å²) in [6.07, 6.45) is 0. The van der Waals surface area contributed by atoms with E-state index < -0.39 is 5.60 Å². The number of nitrogens with two attached hydrogens (primary N) is 1. The van der Waals surface area contributed by atoms with Gasteiger partial charge >= 0.3 is 0 Å². The molecule has 190 valence electrons. The monoisotopic (exact) mass is 520 g/mol. The standard InChI is InChI=1S/C27H26ClFN6O2/c1-27(2,37-20-9-5-18(28)6-10-20)25(36)35-15-13-34(14-16-35)24-23-22(32-26(30)33-24)12-11-21(31-23)17-3-7-19(29)8-4-17/h3-12H,13-16H2,1-2H3,(H2,30,32,33). The fourth-order valence-electron chi connectivity index (χ4n) is 4.36. The first-order chi connectivity index (χ1) is 17.7. The Labute approximate surface area is 218 Å². The number of piperazine rings is 1. The lowest BCUT2D eigenvalue weighted by atomic mass is 10.1. The van der Waals surface area contributed by atoms with Crippen molar-refractivity contribution in [2.24, 2.45) is 0 Å².